The van der Waals surface area contributed by atoms with E-state index in [1.165, 1.54) is 0 Å². The van der Waals surface area contributed by atoms with Gasteiger partial charge < -0.3 is 0 Å². The third-order valence-corrected chi connectivity index (χ3v) is 16.7. The van der Waals surface area contributed by atoms with Gasteiger partial charge in [0, 0.05) is 0 Å². The molecule has 0 aliphatic carbocycles. The second kappa shape index (κ2) is 12.3. The molecule has 5 nitrogen and oxygen atoms in total. The van der Waals surface area contributed by atoms with Crippen LogP contribution in [-0.2, 0) is 3.22 Å². The van der Waals surface area contributed by atoms with Gasteiger partial charge in [0.1, 0.15) is 0 Å². The Labute approximate surface area is 257 Å². The summed E-state index contributed by atoms with van der Waals surface area (Å²) in [7, 11) is -3.14. The predicted octanol–water partition coefficient (Wildman–Crippen LogP) is 5.91. The fourth-order valence-corrected chi connectivity index (χ4v) is 16.0. The minimum absolute atomic E-state index is 0.647. The summed E-state index contributed by atoms with van der Waals surface area (Å²) in [6, 6.07) is 51.3. The summed E-state index contributed by atoms with van der Waals surface area (Å²) in [5.41, 5.74) is 1.55. The van der Waals surface area contributed by atoms with E-state index in [1.54, 1.807) is 12.4 Å². The molecule has 0 saturated carbocycles. The Morgan fingerprint density at radius 3 is 1.23 bits per heavy atom. The first-order chi connectivity index (χ1) is 21.3. The van der Waals surface area contributed by atoms with E-state index in [0.29, 0.717) is 11.5 Å². The molecule has 43 heavy (non-hydrogen) atoms. The van der Waals surface area contributed by atoms with Crippen LogP contribution < -0.4 is 22.6 Å². The maximum absolute atomic E-state index is 7.53. The molecule has 0 spiro atoms. The standard InChI is InChI=1S/C18H15OSi.2C9H7NO.Ga/c19-20(16-10-4-1-5-11-16,17-12-6-2-7-13-17)18-14-8-3-9-15-18;2*11-8-5-1-3-7-4-2-6-10-9(7)8;/h1-15H;2*1-6,11H;/q-1;;;+3/p-2. The van der Waals surface area contributed by atoms with Gasteiger partial charge in [-0.1, -0.05) is 0 Å². The summed E-state index contributed by atoms with van der Waals surface area (Å²) in [5.74, 6) is 1.29. The van der Waals surface area contributed by atoms with Gasteiger partial charge in [0.15, 0.2) is 0 Å². The first-order valence-electron chi connectivity index (χ1n) is 14.2. The minimum atomic E-state index is -3.72. The van der Waals surface area contributed by atoms with E-state index in [2.05, 4.69) is 82.8 Å². The molecule has 7 rings (SSSR count). The molecule has 0 N–H and O–H groups in total. The van der Waals surface area contributed by atoms with E-state index < -0.39 is 25.6 Å². The number of hydrogen-bond acceptors (Lipinski definition) is 5. The van der Waals surface area contributed by atoms with Crippen molar-refractivity contribution in [2.45, 2.75) is 0 Å². The van der Waals surface area contributed by atoms with Crippen molar-refractivity contribution < 1.29 is 10.3 Å². The molecule has 0 radical (unpaired) electrons. The number of benzene rings is 5. The second-order valence-corrected chi connectivity index (χ2v) is 17.1. The van der Waals surface area contributed by atoms with Crippen LogP contribution in [0.4, 0.5) is 0 Å². The van der Waals surface area contributed by atoms with Gasteiger partial charge in [0.25, 0.3) is 0 Å². The molecular formula is C36H27GaN2O3Si. The van der Waals surface area contributed by atoms with Gasteiger partial charge in [0.2, 0.25) is 0 Å². The van der Waals surface area contributed by atoms with Crippen molar-refractivity contribution in [2.24, 2.45) is 0 Å². The van der Waals surface area contributed by atoms with Gasteiger partial charge in [-0.25, -0.2) is 0 Å². The van der Waals surface area contributed by atoms with E-state index >= 15 is 0 Å². The Morgan fingerprint density at radius 1 is 0.419 bits per heavy atom. The topological polar surface area (TPSA) is 53.5 Å². The van der Waals surface area contributed by atoms with Crippen LogP contribution in [0, 0.1) is 0 Å². The summed E-state index contributed by atoms with van der Waals surface area (Å²) >= 11 is -3.72. The number of pyridine rings is 2. The first-order valence-corrected chi connectivity index (χ1v) is 19.0. The van der Waals surface area contributed by atoms with E-state index in [9.17, 15) is 0 Å². The van der Waals surface area contributed by atoms with Crippen molar-refractivity contribution in [3.05, 3.63) is 164 Å². The molecule has 0 saturated heterocycles. The van der Waals surface area contributed by atoms with Crippen LogP contribution >= 0.6 is 0 Å². The molecule has 2 aromatic heterocycles. The Morgan fingerprint density at radius 2 is 0.814 bits per heavy atom. The van der Waals surface area contributed by atoms with Crippen molar-refractivity contribution in [1.29, 1.82) is 0 Å². The molecule has 206 valence electrons. The molecule has 7 heteroatoms. The fraction of sp³-hybridized carbons (Fsp3) is 0. The Hall–Kier alpha value is -4.67. The normalized spacial score (nSPS) is 11.3. The molecule has 0 unspecified atom stereocenters. The number of nitrogens with zero attached hydrogens (tertiary/aromatic N) is 2. The van der Waals surface area contributed by atoms with Crippen LogP contribution in [0.3, 0.4) is 0 Å². The molecule has 5 aromatic carbocycles. The number of para-hydroxylation sites is 2. The summed E-state index contributed by atoms with van der Waals surface area (Å²) in [5, 5.41) is 5.32. The molecule has 2 heterocycles. The zero-order chi connectivity index (χ0) is 28.9. The zero-order valence-electron chi connectivity index (χ0n) is 23.3. The molecular weight excluding hydrogens is 606 g/mol. The van der Waals surface area contributed by atoms with Crippen LogP contribution in [0.25, 0.3) is 21.8 Å². The van der Waals surface area contributed by atoms with Crippen molar-refractivity contribution in [3.8, 4) is 11.5 Å². The molecule has 7 aromatic rings. The van der Waals surface area contributed by atoms with Crippen LogP contribution in [-0.4, -0.2) is 35.6 Å². The Kier molecular flexibility index (Phi) is 7.77. The van der Waals surface area contributed by atoms with Gasteiger partial charge in [-0.15, -0.1) is 0 Å². The zero-order valence-corrected chi connectivity index (χ0v) is 26.7. The third kappa shape index (κ3) is 5.47. The first kappa shape index (κ1) is 27.2. The number of hydrogen-bond donors (Lipinski definition) is 0. The number of fused-ring (bicyclic) bond motifs is 2. The Balaban J connectivity index is 1.43. The van der Waals surface area contributed by atoms with Crippen LogP contribution in [0.1, 0.15) is 0 Å². The molecule has 0 bridgehead atoms. The van der Waals surface area contributed by atoms with E-state index in [-0.39, 0.29) is 0 Å². The fourth-order valence-electron chi connectivity index (χ4n) is 5.49. The van der Waals surface area contributed by atoms with Gasteiger partial charge in [-0.3, -0.25) is 0 Å². The van der Waals surface area contributed by atoms with Gasteiger partial charge in [-0.2, -0.15) is 0 Å². The molecule has 0 aliphatic rings. The molecule has 0 atom stereocenters. The van der Waals surface area contributed by atoms with Gasteiger partial charge in [-0.05, 0) is 0 Å². The number of aromatic nitrogens is 2. The average Bonchev–Trinajstić information content (AvgIpc) is 3.09. The van der Waals surface area contributed by atoms with E-state index in [4.69, 9.17) is 10.3 Å². The average molecular weight is 633 g/mol. The SMILES string of the molecule is c1ccc([Si]([O][Ga]([O]c2cccc3cccnc23)[O]c2cccc3cccnc23)(c2ccccc2)c2ccccc2)cc1. The monoisotopic (exact) mass is 632 g/mol. The van der Waals surface area contributed by atoms with Crippen molar-refractivity contribution in [1.82, 2.24) is 9.97 Å². The van der Waals surface area contributed by atoms with Crippen LogP contribution in [0.5, 0.6) is 11.5 Å². The van der Waals surface area contributed by atoms with Gasteiger partial charge in [0.05, 0.1) is 0 Å². The van der Waals surface area contributed by atoms with Crippen LogP contribution in [0.2, 0.25) is 0 Å². The summed E-state index contributed by atoms with van der Waals surface area (Å²) in [4.78, 5) is 9.31. The van der Waals surface area contributed by atoms with Crippen molar-refractivity contribution in [2.75, 3.05) is 0 Å². The quantitative estimate of drug-likeness (QED) is 0.146. The second-order valence-electron chi connectivity index (χ2n) is 10.1. The van der Waals surface area contributed by atoms with Crippen molar-refractivity contribution in [3.63, 3.8) is 0 Å². The maximum atomic E-state index is 7.53. The molecule has 0 aliphatic heterocycles. The summed E-state index contributed by atoms with van der Waals surface area (Å²) in [6.45, 7) is 0. The summed E-state index contributed by atoms with van der Waals surface area (Å²) in [6.07, 6.45) is 3.56. The predicted molar refractivity (Wildman–Crippen MR) is 176 cm³/mol. The van der Waals surface area contributed by atoms with Gasteiger partial charge >= 0.3 is 259 Å². The molecule has 0 fully saturated rings. The van der Waals surface area contributed by atoms with Crippen molar-refractivity contribution >= 4 is 63.0 Å². The Bertz CT molecular complexity index is 1790. The number of rotatable bonds is 9. The van der Waals surface area contributed by atoms with E-state index in [1.807, 2.05) is 78.9 Å². The molecule has 0 amide bonds. The van der Waals surface area contributed by atoms with E-state index in [0.717, 1.165) is 37.4 Å². The van der Waals surface area contributed by atoms with Crippen LogP contribution in [0.15, 0.2) is 164 Å². The third-order valence-electron chi connectivity index (χ3n) is 7.45. The summed E-state index contributed by atoms with van der Waals surface area (Å²) < 4.78 is 21.3.